The van der Waals surface area contributed by atoms with E-state index in [-0.39, 0.29) is 29.3 Å². The van der Waals surface area contributed by atoms with E-state index in [1.807, 2.05) is 19.1 Å². The van der Waals surface area contributed by atoms with Crippen LogP contribution in [0.25, 0.3) is 0 Å². The maximum absolute atomic E-state index is 12.2. The minimum atomic E-state index is -0.412. The second kappa shape index (κ2) is 6.68. The van der Waals surface area contributed by atoms with Crippen molar-refractivity contribution in [3.63, 3.8) is 0 Å². The molecule has 2 N–H and O–H groups in total. The summed E-state index contributed by atoms with van der Waals surface area (Å²) < 4.78 is 0. The van der Waals surface area contributed by atoms with E-state index in [2.05, 4.69) is 6.92 Å². The third-order valence-electron chi connectivity index (χ3n) is 6.92. The van der Waals surface area contributed by atoms with Gasteiger partial charge in [-0.2, -0.15) is 0 Å². The lowest BCUT2D eigenvalue weighted by Crippen LogP contribution is -2.62. The van der Waals surface area contributed by atoms with Crippen LogP contribution in [0.15, 0.2) is 12.2 Å². The molecule has 0 aliphatic heterocycles. The summed E-state index contributed by atoms with van der Waals surface area (Å²) in [7, 11) is 0. The molecule has 0 aromatic carbocycles. The number of carbonyl (C=O) groups excluding carboxylic acids is 1. The second-order valence-corrected chi connectivity index (χ2v) is 8.47. The molecule has 0 spiro atoms. The van der Waals surface area contributed by atoms with Crippen LogP contribution in [0.5, 0.6) is 0 Å². The van der Waals surface area contributed by atoms with Crippen molar-refractivity contribution in [3.05, 3.63) is 12.2 Å². The van der Waals surface area contributed by atoms with E-state index in [0.717, 1.165) is 12.8 Å². The van der Waals surface area contributed by atoms with Crippen LogP contribution in [0, 0.1) is 29.1 Å². The van der Waals surface area contributed by atoms with Gasteiger partial charge in [0.15, 0.2) is 0 Å². The molecule has 1 unspecified atom stereocenters. The van der Waals surface area contributed by atoms with Crippen molar-refractivity contribution in [2.24, 2.45) is 29.1 Å². The minimum Gasteiger partial charge on any atom is -0.393 e. The molecule has 0 bridgehead atoms. The first-order chi connectivity index (χ1) is 10.9. The van der Waals surface area contributed by atoms with Gasteiger partial charge >= 0.3 is 0 Å². The summed E-state index contributed by atoms with van der Waals surface area (Å²) in [4.78, 5) is 12.2. The maximum Gasteiger partial charge on any atom is 0.142 e. The van der Waals surface area contributed by atoms with Gasteiger partial charge in [-0.25, -0.2) is 0 Å². The van der Waals surface area contributed by atoms with Crippen LogP contribution in [0.3, 0.4) is 0 Å². The van der Waals surface area contributed by atoms with Crippen molar-refractivity contribution >= 4 is 5.78 Å². The minimum absolute atomic E-state index is 0.0162. The molecule has 3 nitrogen and oxygen atoms in total. The van der Waals surface area contributed by atoms with E-state index in [0.29, 0.717) is 18.1 Å². The first-order valence-corrected chi connectivity index (χ1v) is 9.52. The highest BCUT2D eigenvalue weighted by Gasteiger charge is 2.61. The number of aliphatic hydroxyl groups is 2. The zero-order valence-electron chi connectivity index (χ0n) is 14.6. The van der Waals surface area contributed by atoms with Gasteiger partial charge in [-0.1, -0.05) is 58.1 Å². The van der Waals surface area contributed by atoms with Crippen molar-refractivity contribution in [1.29, 1.82) is 0 Å². The zero-order valence-corrected chi connectivity index (χ0v) is 14.6. The van der Waals surface area contributed by atoms with Crippen molar-refractivity contribution in [1.82, 2.24) is 0 Å². The van der Waals surface area contributed by atoms with Crippen LogP contribution in [-0.2, 0) is 4.79 Å². The Morgan fingerprint density at radius 1 is 1.26 bits per heavy atom. The van der Waals surface area contributed by atoms with Crippen LogP contribution < -0.4 is 0 Å². The fourth-order valence-corrected chi connectivity index (χ4v) is 5.58. The van der Waals surface area contributed by atoms with E-state index in [9.17, 15) is 15.0 Å². The standard InChI is InChI=1S/C20H32O3/c1-13-18-16(17(22)10-11-20(18,2)19(13)23)9-8-15(21)12-14-6-4-3-5-7-14/h8-9,13-18,21-22H,3-7,10-12H2,1-2H3/t13?,15-,16+,17-,18-,20+/m1/s1. The molecular weight excluding hydrogens is 288 g/mol. The molecule has 0 saturated heterocycles. The van der Waals surface area contributed by atoms with E-state index >= 15 is 0 Å². The number of fused-ring (bicyclic) bond motifs is 1. The predicted octanol–water partition coefficient (Wildman–Crippen LogP) is 3.49. The summed E-state index contributed by atoms with van der Waals surface area (Å²) in [6.45, 7) is 4.05. The molecule has 0 radical (unpaired) electrons. The Morgan fingerprint density at radius 3 is 2.65 bits per heavy atom. The van der Waals surface area contributed by atoms with Gasteiger partial charge in [0.2, 0.25) is 0 Å². The molecule has 0 aromatic rings. The summed E-state index contributed by atoms with van der Waals surface area (Å²) in [5.74, 6) is 1.30. The number of Topliss-reactive ketones (excluding diaryl/α,β-unsaturated/α-hetero) is 1. The molecule has 3 rings (SSSR count). The highest BCUT2D eigenvalue weighted by molar-refractivity contribution is 5.93. The summed E-state index contributed by atoms with van der Waals surface area (Å²) in [6.07, 6.45) is 11.9. The van der Waals surface area contributed by atoms with E-state index in [4.69, 9.17) is 0 Å². The van der Waals surface area contributed by atoms with Gasteiger partial charge in [-0.05, 0) is 31.1 Å². The third kappa shape index (κ3) is 3.15. The fraction of sp³-hybridized carbons (Fsp3) is 0.850. The summed E-state index contributed by atoms with van der Waals surface area (Å²) in [5.41, 5.74) is -0.248. The summed E-state index contributed by atoms with van der Waals surface area (Å²) >= 11 is 0. The molecule has 3 saturated carbocycles. The van der Waals surface area contributed by atoms with Crippen LogP contribution in [0.1, 0.15) is 65.2 Å². The maximum atomic E-state index is 12.2. The largest absolute Gasteiger partial charge is 0.393 e. The van der Waals surface area contributed by atoms with Gasteiger partial charge in [0.25, 0.3) is 0 Å². The molecule has 130 valence electrons. The van der Waals surface area contributed by atoms with Gasteiger partial charge in [0.1, 0.15) is 5.78 Å². The quantitative estimate of drug-likeness (QED) is 0.780. The lowest BCUT2D eigenvalue weighted by Gasteiger charge is -2.57. The van der Waals surface area contributed by atoms with Crippen molar-refractivity contribution in [2.45, 2.75) is 77.4 Å². The van der Waals surface area contributed by atoms with Crippen LogP contribution >= 0.6 is 0 Å². The molecule has 0 aromatic heterocycles. The van der Waals surface area contributed by atoms with Crippen LogP contribution in [-0.4, -0.2) is 28.2 Å². The number of ketones is 1. The highest BCUT2D eigenvalue weighted by atomic mass is 16.3. The van der Waals surface area contributed by atoms with E-state index in [1.54, 1.807) is 0 Å². The first kappa shape index (κ1) is 17.2. The first-order valence-electron chi connectivity index (χ1n) is 9.52. The lowest BCUT2D eigenvalue weighted by atomic mass is 9.45. The SMILES string of the molecule is CC1C(=O)[C@@]2(C)CC[C@@H](O)[C@H](C=C[C@@H](O)CC3CCCCC3)[C@@H]12. The van der Waals surface area contributed by atoms with Gasteiger partial charge in [-0.3, -0.25) is 4.79 Å². The molecular formula is C20H32O3. The van der Waals surface area contributed by atoms with Crippen molar-refractivity contribution in [2.75, 3.05) is 0 Å². The number of hydrogen-bond donors (Lipinski definition) is 2. The Morgan fingerprint density at radius 2 is 1.96 bits per heavy atom. The Bertz CT molecular complexity index is 466. The Kier molecular flexibility index (Phi) is 4.98. The topological polar surface area (TPSA) is 57.5 Å². The summed E-state index contributed by atoms with van der Waals surface area (Å²) in [5, 5.41) is 20.7. The molecule has 6 atom stereocenters. The van der Waals surface area contributed by atoms with Gasteiger partial charge in [-0.15, -0.1) is 0 Å². The lowest BCUT2D eigenvalue weighted by molar-refractivity contribution is -0.170. The normalized spacial score (nSPS) is 43.2. The average molecular weight is 320 g/mol. The Balaban J connectivity index is 1.61. The smallest absolute Gasteiger partial charge is 0.142 e. The predicted molar refractivity (Wildman–Crippen MR) is 90.8 cm³/mol. The van der Waals surface area contributed by atoms with E-state index < -0.39 is 6.10 Å². The monoisotopic (exact) mass is 320 g/mol. The molecule has 3 heteroatoms. The zero-order chi connectivity index (χ0) is 16.6. The second-order valence-electron chi connectivity index (χ2n) is 8.47. The van der Waals surface area contributed by atoms with Gasteiger partial charge in [0.05, 0.1) is 12.2 Å². The van der Waals surface area contributed by atoms with Crippen molar-refractivity contribution < 1.29 is 15.0 Å². The van der Waals surface area contributed by atoms with Crippen LogP contribution in [0.2, 0.25) is 0 Å². The molecule has 3 aliphatic carbocycles. The Labute approximate surface area is 140 Å². The fourth-order valence-electron chi connectivity index (χ4n) is 5.58. The van der Waals surface area contributed by atoms with Gasteiger partial charge in [0, 0.05) is 17.3 Å². The van der Waals surface area contributed by atoms with E-state index in [1.165, 1.54) is 32.1 Å². The highest BCUT2D eigenvalue weighted by Crippen LogP contribution is 2.58. The molecule has 3 fully saturated rings. The Hall–Kier alpha value is -0.670. The molecule has 0 amide bonds. The molecule has 23 heavy (non-hydrogen) atoms. The third-order valence-corrected chi connectivity index (χ3v) is 6.92. The number of hydrogen-bond acceptors (Lipinski definition) is 3. The molecule has 0 heterocycles. The average Bonchev–Trinajstić information content (AvgIpc) is 2.55. The van der Waals surface area contributed by atoms with Gasteiger partial charge < -0.3 is 10.2 Å². The number of rotatable bonds is 4. The molecule has 3 aliphatic rings. The number of carbonyl (C=O) groups is 1. The van der Waals surface area contributed by atoms with Crippen LogP contribution in [0.4, 0.5) is 0 Å². The number of aliphatic hydroxyl groups excluding tert-OH is 2. The summed E-state index contributed by atoms with van der Waals surface area (Å²) in [6, 6.07) is 0. The van der Waals surface area contributed by atoms with Crippen molar-refractivity contribution in [3.8, 4) is 0 Å².